The van der Waals surface area contributed by atoms with Gasteiger partial charge in [-0.3, -0.25) is 4.98 Å². The van der Waals surface area contributed by atoms with Crippen LogP contribution in [0.1, 0.15) is 24.1 Å². The summed E-state index contributed by atoms with van der Waals surface area (Å²) in [4.78, 5) is 3.99. The number of aromatic nitrogens is 1. The highest BCUT2D eigenvalue weighted by Crippen LogP contribution is 2.01. The number of hydrogen-bond acceptors (Lipinski definition) is 5. The molecule has 0 radical (unpaired) electrons. The van der Waals surface area contributed by atoms with E-state index in [0.29, 0.717) is 12.2 Å². The van der Waals surface area contributed by atoms with Crippen LogP contribution in [0.25, 0.3) is 0 Å². The first kappa shape index (κ1) is 13.4. The van der Waals surface area contributed by atoms with Crippen LogP contribution in [0.15, 0.2) is 23.5 Å². The molecule has 0 saturated heterocycles. The molecule has 0 unspecified atom stereocenters. The fourth-order valence-electron chi connectivity index (χ4n) is 1.37. The summed E-state index contributed by atoms with van der Waals surface area (Å²) in [7, 11) is 0. The molecule has 0 aliphatic rings. The maximum atomic E-state index is 8.62. The number of aliphatic hydroxyl groups is 1. The van der Waals surface area contributed by atoms with Crippen LogP contribution in [0, 0.1) is 0 Å². The van der Waals surface area contributed by atoms with E-state index in [1.807, 2.05) is 6.07 Å². The van der Waals surface area contributed by atoms with Crippen molar-refractivity contribution in [2.75, 3.05) is 13.2 Å². The third-order valence-corrected chi connectivity index (χ3v) is 2.29. The highest BCUT2D eigenvalue weighted by Gasteiger charge is 2.01. The molecule has 1 rings (SSSR count). The lowest BCUT2D eigenvalue weighted by Crippen LogP contribution is -2.18. The minimum atomic E-state index is 0.00660. The summed E-state index contributed by atoms with van der Waals surface area (Å²) in [6, 6.07) is 3.64. The smallest absolute Gasteiger partial charge is 0.188 e. The molecule has 17 heavy (non-hydrogen) atoms. The zero-order valence-corrected chi connectivity index (χ0v) is 9.63. The molecule has 5 N–H and O–H groups in total. The van der Waals surface area contributed by atoms with Gasteiger partial charge in [0.1, 0.15) is 5.69 Å². The normalized spacial score (nSPS) is 11.7. The van der Waals surface area contributed by atoms with Gasteiger partial charge in [0.15, 0.2) is 5.84 Å². The molecular formula is C11H18N4O2. The average Bonchev–Trinajstić information content (AvgIpc) is 2.38. The van der Waals surface area contributed by atoms with Gasteiger partial charge in [-0.25, -0.2) is 0 Å². The lowest BCUT2D eigenvalue weighted by Gasteiger charge is -2.05. The van der Waals surface area contributed by atoms with Crippen LogP contribution in [0.2, 0.25) is 0 Å². The van der Waals surface area contributed by atoms with Crippen LogP contribution < -0.4 is 11.1 Å². The summed E-state index contributed by atoms with van der Waals surface area (Å²) in [5.41, 5.74) is 6.93. The van der Waals surface area contributed by atoms with E-state index in [9.17, 15) is 0 Å². The second kappa shape index (κ2) is 7.59. The molecule has 94 valence electrons. The van der Waals surface area contributed by atoms with Crippen LogP contribution in [-0.2, 0) is 6.54 Å². The highest BCUT2D eigenvalue weighted by atomic mass is 16.4. The van der Waals surface area contributed by atoms with Crippen molar-refractivity contribution in [2.24, 2.45) is 10.9 Å². The summed E-state index contributed by atoms with van der Waals surface area (Å²) in [6.45, 7) is 1.77. The lowest BCUT2D eigenvalue weighted by atomic mass is 10.2. The minimum absolute atomic E-state index is 0.00660. The average molecular weight is 238 g/mol. The second-order valence-corrected chi connectivity index (χ2v) is 3.64. The van der Waals surface area contributed by atoms with Crippen molar-refractivity contribution >= 4 is 5.84 Å². The highest BCUT2D eigenvalue weighted by molar-refractivity contribution is 5.95. The van der Waals surface area contributed by atoms with E-state index >= 15 is 0 Å². The molecule has 0 amide bonds. The van der Waals surface area contributed by atoms with Gasteiger partial charge in [-0.2, -0.15) is 0 Å². The van der Waals surface area contributed by atoms with Crippen LogP contribution in [0.4, 0.5) is 0 Å². The number of aliphatic hydroxyl groups excluding tert-OH is 1. The number of amidine groups is 1. The molecule has 0 fully saturated rings. The van der Waals surface area contributed by atoms with Crippen molar-refractivity contribution in [1.82, 2.24) is 10.3 Å². The number of pyridine rings is 1. The Labute approximate surface area is 100 Å². The van der Waals surface area contributed by atoms with Gasteiger partial charge in [0, 0.05) is 19.3 Å². The molecule has 6 heteroatoms. The molecule has 0 bridgehead atoms. The summed E-state index contributed by atoms with van der Waals surface area (Å²) in [6.07, 6.45) is 3.37. The first-order valence-electron chi connectivity index (χ1n) is 5.52. The molecular weight excluding hydrogens is 220 g/mol. The molecule has 1 aromatic heterocycles. The minimum Gasteiger partial charge on any atom is -0.409 e. The number of nitrogens with one attached hydrogen (secondary N) is 1. The number of rotatable bonds is 7. The fourth-order valence-corrected chi connectivity index (χ4v) is 1.37. The van der Waals surface area contributed by atoms with Crippen molar-refractivity contribution in [1.29, 1.82) is 0 Å². The maximum Gasteiger partial charge on any atom is 0.188 e. The zero-order valence-electron chi connectivity index (χ0n) is 9.63. The molecule has 0 aliphatic carbocycles. The zero-order chi connectivity index (χ0) is 12.5. The van der Waals surface area contributed by atoms with Gasteiger partial charge in [0.05, 0.1) is 0 Å². The lowest BCUT2D eigenvalue weighted by molar-refractivity contribution is 0.283. The summed E-state index contributed by atoms with van der Waals surface area (Å²) < 4.78 is 0. The predicted molar refractivity (Wildman–Crippen MR) is 64.8 cm³/mol. The second-order valence-electron chi connectivity index (χ2n) is 3.64. The number of nitrogens with two attached hydrogens (primary N) is 1. The predicted octanol–water partition coefficient (Wildman–Crippen LogP) is 0.0382. The Morgan fingerprint density at radius 1 is 1.47 bits per heavy atom. The van der Waals surface area contributed by atoms with E-state index in [1.54, 1.807) is 12.3 Å². The first-order chi connectivity index (χ1) is 8.27. The Bertz CT molecular complexity index is 368. The quantitative estimate of drug-likeness (QED) is 0.176. The Balaban J connectivity index is 2.43. The third kappa shape index (κ3) is 4.80. The maximum absolute atomic E-state index is 8.62. The number of nitrogens with zero attached hydrogens (tertiary/aromatic N) is 2. The van der Waals surface area contributed by atoms with Crippen LogP contribution in [0.3, 0.4) is 0 Å². The van der Waals surface area contributed by atoms with E-state index in [4.69, 9.17) is 16.0 Å². The number of hydrogen-bond donors (Lipinski definition) is 4. The summed E-state index contributed by atoms with van der Waals surface area (Å²) in [5.74, 6) is 0.00660. The van der Waals surface area contributed by atoms with Crippen LogP contribution in [0.5, 0.6) is 0 Å². The molecule has 1 heterocycles. The van der Waals surface area contributed by atoms with Crippen molar-refractivity contribution in [3.63, 3.8) is 0 Å². The third-order valence-electron chi connectivity index (χ3n) is 2.29. The van der Waals surface area contributed by atoms with E-state index < -0.39 is 0 Å². The molecule has 0 atom stereocenters. The van der Waals surface area contributed by atoms with Crippen LogP contribution >= 0.6 is 0 Å². The van der Waals surface area contributed by atoms with Crippen molar-refractivity contribution in [2.45, 2.75) is 19.4 Å². The van der Waals surface area contributed by atoms with Gasteiger partial charge in [0.25, 0.3) is 0 Å². The fraction of sp³-hybridized carbons (Fsp3) is 0.455. The monoisotopic (exact) mass is 238 g/mol. The van der Waals surface area contributed by atoms with E-state index in [1.165, 1.54) is 0 Å². The number of unbranched alkanes of at least 4 members (excludes halogenated alkanes) is 1. The summed E-state index contributed by atoms with van der Waals surface area (Å²) in [5, 5.41) is 23.3. The van der Waals surface area contributed by atoms with Gasteiger partial charge in [-0.05, 0) is 37.1 Å². The SMILES string of the molecule is N/C(=N/O)c1cc(CNCCCCO)ccn1. The number of oxime groups is 1. The Kier molecular flexibility index (Phi) is 5.98. The van der Waals surface area contributed by atoms with Crippen molar-refractivity contribution < 1.29 is 10.3 Å². The molecule has 6 nitrogen and oxygen atoms in total. The molecule has 0 aliphatic heterocycles. The Hall–Kier alpha value is -1.66. The summed E-state index contributed by atoms with van der Waals surface area (Å²) >= 11 is 0. The van der Waals surface area contributed by atoms with Gasteiger partial charge in [-0.1, -0.05) is 5.16 Å². The Morgan fingerprint density at radius 2 is 2.29 bits per heavy atom. The largest absolute Gasteiger partial charge is 0.409 e. The standard InChI is InChI=1S/C11H18N4O2/c12-11(15-17)10-7-9(3-5-14-10)8-13-4-1-2-6-16/h3,5,7,13,16-17H,1-2,4,6,8H2,(H2,12,15). The first-order valence-corrected chi connectivity index (χ1v) is 5.52. The van der Waals surface area contributed by atoms with Gasteiger partial charge < -0.3 is 21.4 Å². The van der Waals surface area contributed by atoms with Gasteiger partial charge in [-0.15, -0.1) is 0 Å². The van der Waals surface area contributed by atoms with Crippen LogP contribution in [-0.4, -0.2) is 34.3 Å². The van der Waals surface area contributed by atoms with Crippen molar-refractivity contribution in [3.8, 4) is 0 Å². The van der Waals surface area contributed by atoms with Gasteiger partial charge >= 0.3 is 0 Å². The Morgan fingerprint density at radius 3 is 3.00 bits per heavy atom. The molecule has 0 saturated carbocycles. The molecule has 0 spiro atoms. The molecule has 0 aromatic carbocycles. The topological polar surface area (TPSA) is 104 Å². The van der Waals surface area contributed by atoms with Gasteiger partial charge in [0.2, 0.25) is 0 Å². The molecule has 1 aromatic rings. The van der Waals surface area contributed by atoms with E-state index in [2.05, 4.69) is 15.5 Å². The van der Waals surface area contributed by atoms with Crippen molar-refractivity contribution in [3.05, 3.63) is 29.6 Å². The van der Waals surface area contributed by atoms with E-state index in [0.717, 1.165) is 24.9 Å². The van der Waals surface area contributed by atoms with E-state index in [-0.39, 0.29) is 12.4 Å².